The van der Waals surface area contributed by atoms with Gasteiger partial charge in [-0.3, -0.25) is 4.68 Å². The van der Waals surface area contributed by atoms with Crippen molar-refractivity contribution < 1.29 is 0 Å². The first-order chi connectivity index (χ1) is 9.33. The fourth-order valence-electron chi connectivity index (χ4n) is 2.84. The second kappa shape index (κ2) is 5.57. The molecule has 0 bridgehead atoms. The van der Waals surface area contributed by atoms with Gasteiger partial charge in [0.2, 0.25) is 0 Å². The third-order valence-corrected chi connectivity index (χ3v) is 3.93. The summed E-state index contributed by atoms with van der Waals surface area (Å²) >= 11 is 0. The van der Waals surface area contributed by atoms with Crippen molar-refractivity contribution in [3.05, 3.63) is 42.2 Å². The van der Waals surface area contributed by atoms with Gasteiger partial charge in [-0.25, -0.2) is 0 Å². The van der Waals surface area contributed by atoms with Gasteiger partial charge in [-0.2, -0.15) is 5.10 Å². The molecule has 19 heavy (non-hydrogen) atoms. The van der Waals surface area contributed by atoms with Gasteiger partial charge in [-0.05, 0) is 49.9 Å². The minimum atomic E-state index is 0.721. The van der Waals surface area contributed by atoms with Crippen molar-refractivity contribution in [3.63, 3.8) is 0 Å². The number of piperidine rings is 1. The van der Waals surface area contributed by atoms with Crippen LogP contribution in [0.5, 0.6) is 0 Å². The molecular weight excluding hydrogens is 234 g/mol. The minimum absolute atomic E-state index is 0.721. The topological polar surface area (TPSA) is 29.9 Å². The van der Waals surface area contributed by atoms with Crippen molar-refractivity contribution in [3.8, 4) is 11.1 Å². The van der Waals surface area contributed by atoms with Crippen LogP contribution in [0.4, 0.5) is 0 Å². The molecule has 2 aromatic rings. The molecule has 1 N–H and O–H groups in total. The first-order valence-corrected chi connectivity index (χ1v) is 7.12. The summed E-state index contributed by atoms with van der Waals surface area (Å²) < 4.78 is 2.10. The van der Waals surface area contributed by atoms with E-state index in [1.807, 2.05) is 6.20 Å². The van der Waals surface area contributed by atoms with Crippen molar-refractivity contribution >= 4 is 0 Å². The molecule has 0 spiro atoms. The molecule has 2 heterocycles. The number of hydrogen-bond acceptors (Lipinski definition) is 2. The summed E-state index contributed by atoms with van der Waals surface area (Å²) in [5.74, 6) is 0.721. The van der Waals surface area contributed by atoms with Crippen LogP contribution in [-0.4, -0.2) is 22.9 Å². The summed E-state index contributed by atoms with van der Waals surface area (Å²) in [6, 6.07) is 8.48. The zero-order chi connectivity index (χ0) is 13.1. The van der Waals surface area contributed by atoms with Crippen molar-refractivity contribution in [1.82, 2.24) is 15.1 Å². The molecule has 1 aliphatic rings. The third-order valence-electron chi connectivity index (χ3n) is 3.93. The highest BCUT2D eigenvalue weighted by molar-refractivity contribution is 5.65. The van der Waals surface area contributed by atoms with Crippen molar-refractivity contribution in [1.29, 1.82) is 0 Å². The Labute approximate surface area is 114 Å². The van der Waals surface area contributed by atoms with Gasteiger partial charge in [0.1, 0.15) is 0 Å². The molecule has 3 nitrogen and oxygen atoms in total. The largest absolute Gasteiger partial charge is 0.316 e. The Morgan fingerprint density at radius 1 is 1.37 bits per heavy atom. The minimum Gasteiger partial charge on any atom is -0.316 e. The molecule has 1 fully saturated rings. The lowest BCUT2D eigenvalue weighted by Crippen LogP contribution is -2.32. The highest BCUT2D eigenvalue weighted by Gasteiger charge is 2.14. The maximum Gasteiger partial charge on any atom is 0.0568 e. The number of aryl methyl sites for hydroxylation is 1. The Kier molecular flexibility index (Phi) is 3.65. The van der Waals surface area contributed by atoms with Crippen molar-refractivity contribution in [2.45, 2.75) is 26.3 Å². The molecule has 3 heteroatoms. The standard InChI is InChI=1S/C16H21N3/c1-13-5-2-3-7-16(13)15-10-18-19(12-15)11-14-6-4-8-17-9-14/h2-3,5,7,10,12,14,17H,4,6,8-9,11H2,1H3. The maximum absolute atomic E-state index is 4.52. The van der Waals surface area contributed by atoms with Crippen LogP contribution in [0.3, 0.4) is 0 Å². The molecule has 0 aliphatic carbocycles. The lowest BCUT2D eigenvalue weighted by atomic mass is 10.00. The average molecular weight is 255 g/mol. The highest BCUT2D eigenvalue weighted by atomic mass is 15.3. The summed E-state index contributed by atoms with van der Waals surface area (Å²) in [4.78, 5) is 0. The molecule has 1 aliphatic heterocycles. The summed E-state index contributed by atoms with van der Waals surface area (Å²) in [6.45, 7) is 5.47. The van der Waals surface area contributed by atoms with E-state index in [2.05, 4.69) is 52.5 Å². The Morgan fingerprint density at radius 2 is 2.26 bits per heavy atom. The summed E-state index contributed by atoms with van der Waals surface area (Å²) in [6.07, 6.45) is 6.76. The van der Waals surface area contributed by atoms with Gasteiger partial charge in [-0.15, -0.1) is 0 Å². The normalized spacial score (nSPS) is 19.5. The van der Waals surface area contributed by atoms with Gasteiger partial charge in [0.25, 0.3) is 0 Å². The molecule has 1 atom stereocenters. The van der Waals surface area contributed by atoms with E-state index in [0.717, 1.165) is 19.0 Å². The molecule has 1 unspecified atom stereocenters. The highest BCUT2D eigenvalue weighted by Crippen LogP contribution is 2.23. The van der Waals surface area contributed by atoms with Gasteiger partial charge in [0.05, 0.1) is 6.20 Å². The monoisotopic (exact) mass is 255 g/mol. The Morgan fingerprint density at radius 3 is 3.05 bits per heavy atom. The van der Waals surface area contributed by atoms with E-state index < -0.39 is 0 Å². The Balaban J connectivity index is 1.74. The number of aromatic nitrogens is 2. The SMILES string of the molecule is Cc1ccccc1-c1cnn(CC2CCCNC2)c1. The van der Waals surface area contributed by atoms with Crippen molar-refractivity contribution in [2.75, 3.05) is 13.1 Å². The molecule has 0 radical (unpaired) electrons. The van der Waals surface area contributed by atoms with E-state index >= 15 is 0 Å². The molecule has 3 rings (SSSR count). The second-order valence-corrected chi connectivity index (χ2v) is 5.48. The lowest BCUT2D eigenvalue weighted by molar-refractivity contribution is 0.325. The van der Waals surface area contributed by atoms with Gasteiger partial charge in [-0.1, -0.05) is 24.3 Å². The number of nitrogens with zero attached hydrogens (tertiary/aromatic N) is 2. The number of rotatable bonds is 3. The van der Waals surface area contributed by atoms with Gasteiger partial charge in [0.15, 0.2) is 0 Å². The summed E-state index contributed by atoms with van der Waals surface area (Å²) in [5.41, 5.74) is 3.82. The quantitative estimate of drug-likeness (QED) is 0.914. The average Bonchev–Trinajstić information content (AvgIpc) is 2.89. The van der Waals surface area contributed by atoms with Crippen LogP contribution in [0.2, 0.25) is 0 Å². The van der Waals surface area contributed by atoms with Crippen molar-refractivity contribution in [2.24, 2.45) is 5.92 Å². The van der Waals surface area contributed by atoms with Crippen LogP contribution in [0, 0.1) is 12.8 Å². The van der Waals surface area contributed by atoms with Crippen LogP contribution >= 0.6 is 0 Å². The molecule has 1 aromatic heterocycles. The zero-order valence-corrected chi connectivity index (χ0v) is 11.5. The third kappa shape index (κ3) is 2.87. The second-order valence-electron chi connectivity index (χ2n) is 5.48. The van der Waals surface area contributed by atoms with Crippen LogP contribution < -0.4 is 5.32 Å². The maximum atomic E-state index is 4.52. The van der Waals surface area contributed by atoms with Crippen LogP contribution in [0.15, 0.2) is 36.7 Å². The first kappa shape index (κ1) is 12.4. The molecule has 0 saturated carbocycles. The van der Waals surface area contributed by atoms with Gasteiger partial charge >= 0.3 is 0 Å². The first-order valence-electron chi connectivity index (χ1n) is 7.12. The Hall–Kier alpha value is -1.61. The fourth-order valence-corrected chi connectivity index (χ4v) is 2.84. The lowest BCUT2D eigenvalue weighted by Gasteiger charge is -2.22. The van der Waals surface area contributed by atoms with Crippen LogP contribution in [-0.2, 0) is 6.54 Å². The van der Waals surface area contributed by atoms with E-state index in [-0.39, 0.29) is 0 Å². The van der Waals surface area contributed by atoms with E-state index in [4.69, 9.17) is 0 Å². The van der Waals surface area contributed by atoms with Gasteiger partial charge < -0.3 is 5.32 Å². The van der Waals surface area contributed by atoms with E-state index in [9.17, 15) is 0 Å². The number of benzene rings is 1. The molecule has 0 amide bonds. The predicted octanol–water partition coefficient (Wildman–Crippen LogP) is 2.86. The van der Waals surface area contributed by atoms with Gasteiger partial charge in [0, 0.05) is 18.3 Å². The Bertz CT molecular complexity index is 538. The zero-order valence-electron chi connectivity index (χ0n) is 11.5. The fraction of sp³-hybridized carbons (Fsp3) is 0.438. The van der Waals surface area contributed by atoms with Crippen LogP contribution in [0.25, 0.3) is 11.1 Å². The van der Waals surface area contributed by atoms with Crippen LogP contribution in [0.1, 0.15) is 18.4 Å². The smallest absolute Gasteiger partial charge is 0.0568 e. The molecule has 100 valence electrons. The summed E-state index contributed by atoms with van der Waals surface area (Å²) in [7, 11) is 0. The molecule has 1 aromatic carbocycles. The molecular formula is C16H21N3. The van der Waals surface area contributed by atoms with E-state index in [1.165, 1.54) is 36.1 Å². The summed E-state index contributed by atoms with van der Waals surface area (Å²) in [5, 5.41) is 7.98. The van der Waals surface area contributed by atoms with E-state index in [1.54, 1.807) is 0 Å². The predicted molar refractivity (Wildman–Crippen MR) is 78.0 cm³/mol. The van der Waals surface area contributed by atoms with E-state index in [0.29, 0.717) is 0 Å². The number of hydrogen-bond donors (Lipinski definition) is 1. The number of nitrogens with one attached hydrogen (secondary N) is 1. The molecule has 1 saturated heterocycles.